The molecule has 0 amide bonds. The SMILES string of the molecule is O=C(O)C1(c2cc(Cl)cc3c2OCC3)CCCCC1. The molecule has 1 N–H and O–H groups in total. The Balaban J connectivity index is 2.16. The lowest BCUT2D eigenvalue weighted by Crippen LogP contribution is -2.38. The molecule has 1 aliphatic carbocycles. The molecule has 1 saturated carbocycles. The maximum absolute atomic E-state index is 11.9. The number of rotatable bonds is 2. The Labute approximate surface area is 117 Å². The number of halogens is 1. The summed E-state index contributed by atoms with van der Waals surface area (Å²) in [6, 6.07) is 3.69. The van der Waals surface area contributed by atoms with E-state index in [-0.39, 0.29) is 0 Å². The number of aliphatic carboxylic acids is 1. The molecule has 4 heteroatoms. The van der Waals surface area contributed by atoms with Crippen molar-refractivity contribution in [2.45, 2.75) is 43.9 Å². The monoisotopic (exact) mass is 280 g/mol. The zero-order valence-electron chi connectivity index (χ0n) is 10.7. The predicted octanol–water partition coefficient (Wildman–Crippen LogP) is 3.56. The highest BCUT2D eigenvalue weighted by Gasteiger charge is 2.44. The molecule has 102 valence electrons. The maximum Gasteiger partial charge on any atom is 0.314 e. The number of hydrogen-bond acceptors (Lipinski definition) is 2. The summed E-state index contributed by atoms with van der Waals surface area (Å²) in [6.45, 7) is 0.623. The predicted molar refractivity (Wildman–Crippen MR) is 73.0 cm³/mol. The van der Waals surface area contributed by atoms with Gasteiger partial charge in [-0.2, -0.15) is 0 Å². The third kappa shape index (κ3) is 2.00. The second-order valence-corrected chi connectivity index (χ2v) is 5.92. The van der Waals surface area contributed by atoms with Crippen LogP contribution in [0.2, 0.25) is 5.02 Å². The van der Waals surface area contributed by atoms with Gasteiger partial charge in [0, 0.05) is 17.0 Å². The van der Waals surface area contributed by atoms with Gasteiger partial charge in [-0.25, -0.2) is 0 Å². The first-order chi connectivity index (χ1) is 9.13. The van der Waals surface area contributed by atoms with Gasteiger partial charge in [-0.1, -0.05) is 30.9 Å². The van der Waals surface area contributed by atoms with Crippen molar-refractivity contribution < 1.29 is 14.6 Å². The third-order valence-corrected chi connectivity index (χ3v) is 4.60. The molecule has 1 aliphatic heterocycles. The van der Waals surface area contributed by atoms with Crippen LogP contribution in [0.15, 0.2) is 12.1 Å². The van der Waals surface area contributed by atoms with Crippen LogP contribution in [-0.2, 0) is 16.6 Å². The Kier molecular flexibility index (Phi) is 3.17. The molecule has 0 atom stereocenters. The standard InChI is InChI=1S/C15H17ClO3/c16-11-8-10-4-7-19-13(10)12(9-11)15(14(17)18)5-2-1-3-6-15/h8-9H,1-7H2,(H,17,18). The van der Waals surface area contributed by atoms with Crippen LogP contribution < -0.4 is 4.74 Å². The van der Waals surface area contributed by atoms with Crippen LogP contribution in [-0.4, -0.2) is 17.7 Å². The molecule has 1 aromatic carbocycles. The number of carbonyl (C=O) groups is 1. The molecule has 1 fully saturated rings. The quantitative estimate of drug-likeness (QED) is 0.901. The summed E-state index contributed by atoms with van der Waals surface area (Å²) in [5.74, 6) is 0.0286. The molecule has 3 nitrogen and oxygen atoms in total. The molecule has 1 heterocycles. The van der Waals surface area contributed by atoms with E-state index in [4.69, 9.17) is 16.3 Å². The zero-order valence-corrected chi connectivity index (χ0v) is 11.5. The summed E-state index contributed by atoms with van der Waals surface area (Å²) in [4.78, 5) is 11.9. The molecule has 0 spiro atoms. The van der Waals surface area contributed by atoms with Gasteiger partial charge >= 0.3 is 5.97 Å². The van der Waals surface area contributed by atoms with Crippen molar-refractivity contribution >= 4 is 17.6 Å². The minimum absolute atomic E-state index is 0.616. The average Bonchev–Trinajstić information content (AvgIpc) is 2.86. The molecule has 0 saturated heterocycles. The van der Waals surface area contributed by atoms with E-state index in [0.29, 0.717) is 24.5 Å². The molecule has 3 rings (SSSR count). The summed E-state index contributed by atoms with van der Waals surface area (Å²) < 4.78 is 5.69. The summed E-state index contributed by atoms with van der Waals surface area (Å²) in [5.41, 5.74) is 1.03. The van der Waals surface area contributed by atoms with E-state index >= 15 is 0 Å². The first-order valence-corrected chi connectivity index (χ1v) is 7.20. The third-order valence-electron chi connectivity index (χ3n) is 4.38. The lowest BCUT2D eigenvalue weighted by molar-refractivity contribution is -0.145. The van der Waals surface area contributed by atoms with Crippen molar-refractivity contribution in [2.24, 2.45) is 0 Å². The lowest BCUT2D eigenvalue weighted by Gasteiger charge is -2.34. The van der Waals surface area contributed by atoms with Gasteiger partial charge in [-0.15, -0.1) is 0 Å². The minimum Gasteiger partial charge on any atom is -0.493 e. The van der Waals surface area contributed by atoms with Crippen molar-refractivity contribution in [3.8, 4) is 5.75 Å². The highest BCUT2D eigenvalue weighted by molar-refractivity contribution is 6.30. The lowest BCUT2D eigenvalue weighted by atomic mass is 9.69. The van der Waals surface area contributed by atoms with Crippen molar-refractivity contribution in [1.82, 2.24) is 0 Å². The molecule has 1 aromatic rings. The Hall–Kier alpha value is -1.22. The molecule has 0 bridgehead atoms. The van der Waals surface area contributed by atoms with Crippen molar-refractivity contribution in [1.29, 1.82) is 0 Å². The van der Waals surface area contributed by atoms with Gasteiger partial charge in [0.2, 0.25) is 0 Å². The number of ether oxygens (including phenoxy) is 1. The fourth-order valence-electron chi connectivity index (χ4n) is 3.38. The fourth-order valence-corrected chi connectivity index (χ4v) is 3.62. The van der Waals surface area contributed by atoms with Crippen LogP contribution in [0.5, 0.6) is 5.75 Å². The summed E-state index contributed by atoms with van der Waals surface area (Å²) in [6.07, 6.45) is 5.19. The normalized spacial score (nSPS) is 20.7. The molecule has 0 unspecified atom stereocenters. The number of fused-ring (bicyclic) bond motifs is 1. The van der Waals surface area contributed by atoms with Gasteiger partial charge < -0.3 is 9.84 Å². The highest BCUT2D eigenvalue weighted by atomic mass is 35.5. The van der Waals surface area contributed by atoms with Gasteiger partial charge in [0.1, 0.15) is 5.75 Å². The van der Waals surface area contributed by atoms with Crippen molar-refractivity contribution in [3.05, 3.63) is 28.3 Å². The minimum atomic E-state index is -0.808. The Morgan fingerprint density at radius 1 is 1.26 bits per heavy atom. The summed E-state index contributed by atoms with van der Waals surface area (Å²) in [5, 5.41) is 10.4. The summed E-state index contributed by atoms with van der Waals surface area (Å²) >= 11 is 6.17. The van der Waals surface area contributed by atoms with Crippen molar-refractivity contribution in [2.75, 3.05) is 6.61 Å². The van der Waals surface area contributed by atoms with Crippen LogP contribution in [0, 0.1) is 0 Å². The van der Waals surface area contributed by atoms with E-state index in [1.807, 2.05) is 6.07 Å². The van der Waals surface area contributed by atoms with Crippen LogP contribution in [0.25, 0.3) is 0 Å². The van der Waals surface area contributed by atoms with Crippen LogP contribution in [0.3, 0.4) is 0 Å². The maximum atomic E-state index is 11.9. The second-order valence-electron chi connectivity index (χ2n) is 5.49. The van der Waals surface area contributed by atoms with Gasteiger partial charge in [-0.05, 0) is 30.5 Å². The Bertz CT molecular complexity index is 518. The van der Waals surface area contributed by atoms with Crippen LogP contribution in [0.1, 0.15) is 43.2 Å². The molecular formula is C15H17ClO3. The largest absolute Gasteiger partial charge is 0.493 e. The van der Waals surface area contributed by atoms with E-state index in [2.05, 4.69) is 0 Å². The molecule has 19 heavy (non-hydrogen) atoms. The van der Waals surface area contributed by atoms with Gasteiger partial charge in [0.05, 0.1) is 12.0 Å². The fraction of sp³-hybridized carbons (Fsp3) is 0.533. The van der Waals surface area contributed by atoms with E-state index in [1.54, 1.807) is 6.07 Å². The number of hydrogen-bond donors (Lipinski definition) is 1. The van der Waals surface area contributed by atoms with Crippen LogP contribution in [0.4, 0.5) is 0 Å². The van der Waals surface area contributed by atoms with E-state index in [1.165, 1.54) is 0 Å². The van der Waals surface area contributed by atoms with Crippen molar-refractivity contribution in [3.63, 3.8) is 0 Å². The first-order valence-electron chi connectivity index (χ1n) is 6.82. The molecular weight excluding hydrogens is 264 g/mol. The van der Waals surface area contributed by atoms with E-state index < -0.39 is 11.4 Å². The Morgan fingerprint density at radius 3 is 2.68 bits per heavy atom. The van der Waals surface area contributed by atoms with Gasteiger partial charge in [0.25, 0.3) is 0 Å². The number of benzene rings is 1. The van der Waals surface area contributed by atoms with E-state index in [9.17, 15) is 9.90 Å². The smallest absolute Gasteiger partial charge is 0.314 e. The second kappa shape index (κ2) is 4.71. The number of carboxylic acids is 1. The molecule has 0 radical (unpaired) electrons. The Morgan fingerprint density at radius 2 is 2.00 bits per heavy atom. The van der Waals surface area contributed by atoms with Crippen LogP contribution >= 0.6 is 11.6 Å². The van der Waals surface area contributed by atoms with Gasteiger partial charge in [-0.3, -0.25) is 4.79 Å². The molecule has 2 aliphatic rings. The summed E-state index contributed by atoms with van der Waals surface area (Å²) in [7, 11) is 0. The highest BCUT2D eigenvalue weighted by Crippen LogP contribution is 2.47. The van der Waals surface area contributed by atoms with E-state index in [0.717, 1.165) is 42.6 Å². The topological polar surface area (TPSA) is 46.5 Å². The first kappa shape index (κ1) is 12.8. The average molecular weight is 281 g/mol. The van der Waals surface area contributed by atoms with Gasteiger partial charge in [0.15, 0.2) is 0 Å². The number of carboxylic acid groups (broad SMARTS) is 1. The molecule has 0 aromatic heterocycles. The zero-order chi connectivity index (χ0) is 13.5.